The van der Waals surface area contributed by atoms with Crippen LogP contribution in [0.4, 0.5) is 0 Å². The van der Waals surface area contributed by atoms with Gasteiger partial charge in [-0.05, 0) is 25.7 Å². The number of amides is 1. The van der Waals surface area contributed by atoms with Crippen LogP contribution in [-0.2, 0) is 18.4 Å². The van der Waals surface area contributed by atoms with E-state index in [9.17, 15) is 50.0 Å². The zero-order valence-electron chi connectivity index (χ0n) is 36.0. The highest BCUT2D eigenvalue weighted by atomic mass is 31.2. The van der Waals surface area contributed by atoms with Crippen LogP contribution in [0, 0.1) is 0 Å². The molecule has 1 aliphatic carbocycles. The third kappa shape index (κ3) is 26.2. The maximum absolute atomic E-state index is 12.9. The van der Waals surface area contributed by atoms with Gasteiger partial charge < -0.3 is 46.0 Å². The fourth-order valence-corrected chi connectivity index (χ4v) is 8.27. The first-order valence-electron chi connectivity index (χ1n) is 22.9. The lowest BCUT2D eigenvalue weighted by atomic mass is 9.85. The molecular weight excluding hydrogens is 765 g/mol. The Morgan fingerprint density at radius 2 is 1.05 bits per heavy atom. The Labute approximate surface area is 350 Å². The van der Waals surface area contributed by atoms with Crippen molar-refractivity contribution in [2.24, 2.45) is 0 Å². The molecule has 13 nitrogen and oxygen atoms in total. The van der Waals surface area contributed by atoms with Crippen molar-refractivity contribution in [3.8, 4) is 0 Å². The fourth-order valence-electron chi connectivity index (χ4n) is 7.30. The van der Waals surface area contributed by atoms with E-state index in [1.165, 1.54) is 115 Å². The number of hydrogen-bond acceptors (Lipinski definition) is 11. The van der Waals surface area contributed by atoms with Crippen LogP contribution in [0.1, 0.15) is 187 Å². The van der Waals surface area contributed by atoms with Crippen LogP contribution in [0.15, 0.2) is 24.3 Å². The standard InChI is InChI=1S/C44H84NO12P/c1-3-5-7-9-11-13-15-16-17-18-19-20-22-24-26-28-30-32-37(47)36(34-56-58(54,55)57-44-42(52)40(50)39(49)41(51)43(44)53)45-38(48)33-35(46)31-29-27-25-23-21-14-12-10-8-6-4-2/h23,25,29,31,35-37,39-44,46-47,49-53H,3-22,24,26-28,30,32-34H2,1-2H3,(H,45,48)(H,54,55)/b25-23-,31-29-. The Kier molecular flexibility index (Phi) is 32.5. The van der Waals surface area contributed by atoms with E-state index in [-0.39, 0.29) is 12.8 Å². The van der Waals surface area contributed by atoms with Crippen LogP contribution in [-0.4, -0.2) is 108 Å². The summed E-state index contributed by atoms with van der Waals surface area (Å²) in [5.74, 6) is -0.627. The summed E-state index contributed by atoms with van der Waals surface area (Å²) < 4.78 is 22.9. The molecular formula is C44H84NO12P. The molecule has 14 heteroatoms. The number of hydrogen-bond donors (Lipinski definition) is 9. The quantitative estimate of drug-likeness (QED) is 0.0172. The number of phosphoric acid groups is 1. The second-order valence-corrected chi connectivity index (χ2v) is 17.8. The van der Waals surface area contributed by atoms with Gasteiger partial charge in [-0.1, -0.05) is 179 Å². The summed E-state index contributed by atoms with van der Waals surface area (Å²) in [6, 6.07) is -1.18. The van der Waals surface area contributed by atoms with Gasteiger partial charge in [0.2, 0.25) is 5.91 Å². The molecule has 0 bridgehead atoms. The summed E-state index contributed by atoms with van der Waals surface area (Å²) in [7, 11) is -5.13. The zero-order chi connectivity index (χ0) is 43.0. The van der Waals surface area contributed by atoms with Crippen LogP contribution in [0.2, 0.25) is 0 Å². The van der Waals surface area contributed by atoms with Crippen molar-refractivity contribution in [1.29, 1.82) is 0 Å². The van der Waals surface area contributed by atoms with Gasteiger partial charge in [-0.2, -0.15) is 0 Å². The predicted molar refractivity (Wildman–Crippen MR) is 229 cm³/mol. The van der Waals surface area contributed by atoms with E-state index in [1.807, 2.05) is 6.08 Å². The van der Waals surface area contributed by atoms with Gasteiger partial charge in [0.25, 0.3) is 0 Å². The van der Waals surface area contributed by atoms with E-state index in [0.29, 0.717) is 12.8 Å². The lowest BCUT2D eigenvalue weighted by Gasteiger charge is -2.41. The summed E-state index contributed by atoms with van der Waals surface area (Å²) in [4.78, 5) is 23.4. The minimum Gasteiger partial charge on any atom is -0.391 e. The smallest absolute Gasteiger partial charge is 0.391 e. The number of nitrogens with one attached hydrogen (secondary N) is 1. The molecule has 0 aromatic carbocycles. The van der Waals surface area contributed by atoms with Crippen molar-refractivity contribution in [1.82, 2.24) is 5.32 Å². The molecule has 58 heavy (non-hydrogen) atoms. The second-order valence-electron chi connectivity index (χ2n) is 16.4. The van der Waals surface area contributed by atoms with Gasteiger partial charge in [0, 0.05) is 0 Å². The summed E-state index contributed by atoms with van der Waals surface area (Å²) in [6.45, 7) is 3.74. The van der Waals surface area contributed by atoms with Crippen molar-refractivity contribution < 1.29 is 59.0 Å². The normalized spacial score (nSPS) is 24.0. The SMILES string of the molecule is CCCCCCCC/C=C\C/C=C\C(O)CC(=O)NC(COP(=O)(O)OC1C(O)C(O)C(O)C(O)C1O)C(O)CCCCCCCCCCCCCCCCCCC. The highest BCUT2D eigenvalue weighted by Gasteiger charge is 2.51. The monoisotopic (exact) mass is 850 g/mol. The van der Waals surface area contributed by atoms with E-state index >= 15 is 0 Å². The Morgan fingerprint density at radius 1 is 0.621 bits per heavy atom. The second kappa shape index (κ2) is 34.4. The first-order chi connectivity index (χ1) is 27.8. The number of carbonyl (C=O) groups excluding carboxylic acids is 1. The predicted octanol–water partition coefficient (Wildman–Crippen LogP) is 7.20. The maximum Gasteiger partial charge on any atom is 0.472 e. The van der Waals surface area contributed by atoms with Gasteiger partial charge in [0.15, 0.2) is 0 Å². The zero-order valence-corrected chi connectivity index (χ0v) is 36.9. The molecule has 0 saturated heterocycles. The van der Waals surface area contributed by atoms with Gasteiger partial charge in [-0.15, -0.1) is 0 Å². The highest BCUT2D eigenvalue weighted by molar-refractivity contribution is 7.47. The van der Waals surface area contributed by atoms with Crippen LogP contribution < -0.4 is 5.32 Å². The Bertz CT molecular complexity index is 1100. The number of unbranched alkanes of at least 4 members (excludes halogenated alkanes) is 22. The van der Waals surface area contributed by atoms with Crippen molar-refractivity contribution in [3.05, 3.63) is 24.3 Å². The number of rotatable bonds is 37. The fraction of sp³-hybridized carbons (Fsp3) is 0.886. The average Bonchev–Trinajstić information content (AvgIpc) is 3.19. The lowest BCUT2D eigenvalue weighted by molar-refractivity contribution is -0.220. The van der Waals surface area contributed by atoms with E-state index in [0.717, 1.165) is 38.5 Å². The van der Waals surface area contributed by atoms with Crippen molar-refractivity contribution in [2.45, 2.75) is 242 Å². The number of carbonyl (C=O) groups is 1. The number of phosphoric ester groups is 1. The molecule has 9 N–H and O–H groups in total. The van der Waals surface area contributed by atoms with Crippen LogP contribution in [0.5, 0.6) is 0 Å². The van der Waals surface area contributed by atoms with Crippen molar-refractivity contribution in [3.63, 3.8) is 0 Å². The van der Waals surface area contributed by atoms with E-state index in [4.69, 9.17) is 9.05 Å². The van der Waals surface area contributed by atoms with Crippen molar-refractivity contribution in [2.75, 3.05) is 6.61 Å². The van der Waals surface area contributed by atoms with Gasteiger partial charge in [-0.3, -0.25) is 13.8 Å². The molecule has 0 aromatic rings. The number of aliphatic hydroxyl groups is 7. The molecule has 1 rings (SSSR count). The molecule has 8 atom stereocenters. The van der Waals surface area contributed by atoms with Gasteiger partial charge >= 0.3 is 7.82 Å². The van der Waals surface area contributed by atoms with Crippen LogP contribution >= 0.6 is 7.82 Å². The molecule has 1 amide bonds. The summed E-state index contributed by atoms with van der Waals surface area (Å²) in [5, 5.41) is 74.3. The van der Waals surface area contributed by atoms with Crippen molar-refractivity contribution >= 4 is 13.7 Å². The highest BCUT2D eigenvalue weighted by Crippen LogP contribution is 2.47. The molecule has 1 aliphatic rings. The first kappa shape index (κ1) is 54.8. The summed E-state index contributed by atoms with van der Waals surface area (Å²) in [5.41, 5.74) is 0. The first-order valence-corrected chi connectivity index (χ1v) is 24.4. The van der Waals surface area contributed by atoms with Crippen LogP contribution in [0.25, 0.3) is 0 Å². The Morgan fingerprint density at radius 3 is 1.53 bits per heavy atom. The largest absolute Gasteiger partial charge is 0.472 e. The van der Waals surface area contributed by atoms with Gasteiger partial charge in [0.05, 0.1) is 31.3 Å². The Hall–Kier alpha value is -1.22. The van der Waals surface area contributed by atoms with E-state index < -0.39 is 75.2 Å². The van der Waals surface area contributed by atoms with E-state index in [2.05, 4.69) is 25.2 Å². The average molecular weight is 850 g/mol. The minimum absolute atomic E-state index is 0.257. The molecule has 0 heterocycles. The Balaban J connectivity index is 2.57. The molecule has 8 unspecified atom stereocenters. The van der Waals surface area contributed by atoms with Crippen LogP contribution in [0.3, 0.4) is 0 Å². The number of aliphatic hydroxyl groups excluding tert-OH is 7. The molecule has 0 aromatic heterocycles. The molecule has 0 radical (unpaired) electrons. The molecule has 0 aliphatic heterocycles. The van der Waals surface area contributed by atoms with E-state index in [1.54, 1.807) is 6.08 Å². The topological polar surface area (TPSA) is 226 Å². The molecule has 1 fully saturated rings. The summed E-state index contributed by atoms with van der Waals surface area (Å²) >= 11 is 0. The molecule has 342 valence electrons. The number of allylic oxidation sites excluding steroid dienone is 3. The molecule has 0 spiro atoms. The molecule has 1 saturated carbocycles. The minimum atomic E-state index is -5.13. The third-order valence-electron chi connectivity index (χ3n) is 11.1. The van der Waals surface area contributed by atoms with Gasteiger partial charge in [-0.25, -0.2) is 4.57 Å². The lowest BCUT2D eigenvalue weighted by Crippen LogP contribution is -2.64. The van der Waals surface area contributed by atoms with Gasteiger partial charge in [0.1, 0.15) is 36.6 Å². The summed E-state index contributed by atoms with van der Waals surface area (Å²) in [6.07, 6.45) is 22.6. The maximum atomic E-state index is 12.9. The third-order valence-corrected chi connectivity index (χ3v) is 12.1.